The first kappa shape index (κ1) is 20.8. The van der Waals surface area contributed by atoms with E-state index in [0.717, 1.165) is 5.56 Å². The van der Waals surface area contributed by atoms with Crippen molar-refractivity contribution < 1.29 is 9.53 Å². The molecule has 0 spiro atoms. The zero-order valence-electron chi connectivity index (χ0n) is 16.5. The zero-order chi connectivity index (χ0) is 22.0. The number of amides is 1. The number of benzene rings is 3. The molecule has 1 aromatic heterocycles. The molecule has 4 rings (SSSR count). The number of para-hydroxylation sites is 1. The summed E-state index contributed by atoms with van der Waals surface area (Å²) in [4.78, 5) is 28.8. The zero-order valence-corrected chi connectivity index (χ0v) is 18.1. The molecule has 0 saturated heterocycles. The average molecular weight is 452 g/mol. The maximum Gasteiger partial charge on any atom is 0.266 e. The van der Waals surface area contributed by atoms with E-state index < -0.39 is 0 Å². The molecule has 2 N–H and O–H groups in total. The molecule has 1 amide bonds. The SMILES string of the molecule is COc1ccccc1CNC(=O)c1cccc(-n2c(=S)[nH]c3cc(Cl)ccc3c2=O)c1. The van der Waals surface area contributed by atoms with Gasteiger partial charge >= 0.3 is 0 Å². The van der Waals surface area contributed by atoms with Crippen molar-refractivity contribution >= 4 is 40.6 Å². The molecule has 4 aromatic rings. The van der Waals surface area contributed by atoms with Crippen molar-refractivity contribution in [2.24, 2.45) is 0 Å². The summed E-state index contributed by atoms with van der Waals surface area (Å²) in [6.07, 6.45) is 0. The van der Waals surface area contributed by atoms with Crippen molar-refractivity contribution in [3.63, 3.8) is 0 Å². The van der Waals surface area contributed by atoms with E-state index in [1.165, 1.54) is 4.57 Å². The second-order valence-electron chi connectivity index (χ2n) is 6.81. The molecule has 0 atom stereocenters. The summed E-state index contributed by atoms with van der Waals surface area (Å²) in [7, 11) is 1.59. The lowest BCUT2D eigenvalue weighted by atomic mass is 10.1. The van der Waals surface area contributed by atoms with Crippen LogP contribution in [0.25, 0.3) is 16.6 Å². The largest absolute Gasteiger partial charge is 0.496 e. The van der Waals surface area contributed by atoms with Crippen LogP contribution in [0.15, 0.2) is 71.5 Å². The minimum Gasteiger partial charge on any atom is -0.496 e. The Hall–Kier alpha value is -3.42. The molecule has 6 nitrogen and oxygen atoms in total. The number of carbonyl (C=O) groups excluding carboxylic acids is 1. The van der Waals surface area contributed by atoms with Crippen molar-refractivity contribution in [2.75, 3.05) is 7.11 Å². The number of ether oxygens (including phenoxy) is 1. The number of nitrogens with zero attached hydrogens (tertiary/aromatic N) is 1. The van der Waals surface area contributed by atoms with E-state index in [0.29, 0.717) is 39.5 Å². The van der Waals surface area contributed by atoms with Crippen LogP contribution in [0.3, 0.4) is 0 Å². The number of nitrogens with one attached hydrogen (secondary N) is 2. The smallest absolute Gasteiger partial charge is 0.266 e. The molecule has 0 aliphatic carbocycles. The maximum atomic E-state index is 13.0. The molecule has 0 bridgehead atoms. The van der Waals surface area contributed by atoms with E-state index in [2.05, 4.69) is 10.3 Å². The fraction of sp³-hybridized carbons (Fsp3) is 0.0870. The highest BCUT2D eigenvalue weighted by molar-refractivity contribution is 7.71. The molecule has 0 fully saturated rings. The predicted molar refractivity (Wildman–Crippen MR) is 124 cm³/mol. The number of rotatable bonds is 5. The summed E-state index contributed by atoms with van der Waals surface area (Å²) in [5, 5.41) is 3.83. The van der Waals surface area contributed by atoms with Gasteiger partial charge in [0.25, 0.3) is 11.5 Å². The van der Waals surface area contributed by atoms with Crippen LogP contribution in [0.4, 0.5) is 0 Å². The summed E-state index contributed by atoms with van der Waals surface area (Å²) in [6, 6.07) is 19.2. The average Bonchev–Trinajstić information content (AvgIpc) is 2.77. The molecule has 0 aliphatic heterocycles. The number of hydrogen-bond acceptors (Lipinski definition) is 4. The van der Waals surface area contributed by atoms with Gasteiger partial charge in [0.2, 0.25) is 0 Å². The van der Waals surface area contributed by atoms with E-state index in [9.17, 15) is 9.59 Å². The monoisotopic (exact) mass is 451 g/mol. The summed E-state index contributed by atoms with van der Waals surface area (Å²) < 4.78 is 6.89. The van der Waals surface area contributed by atoms with E-state index in [4.69, 9.17) is 28.6 Å². The van der Waals surface area contributed by atoms with Crippen LogP contribution in [0.2, 0.25) is 5.02 Å². The normalized spacial score (nSPS) is 10.8. The number of fused-ring (bicyclic) bond motifs is 1. The molecule has 31 heavy (non-hydrogen) atoms. The van der Waals surface area contributed by atoms with Crippen molar-refractivity contribution in [3.8, 4) is 11.4 Å². The highest BCUT2D eigenvalue weighted by Crippen LogP contribution is 2.18. The first-order valence-corrected chi connectivity index (χ1v) is 10.2. The quantitative estimate of drug-likeness (QED) is 0.433. The van der Waals surface area contributed by atoms with Gasteiger partial charge < -0.3 is 15.0 Å². The first-order valence-electron chi connectivity index (χ1n) is 9.43. The Labute approximate surface area is 188 Å². The number of aromatic amines is 1. The van der Waals surface area contributed by atoms with Gasteiger partial charge in [0.15, 0.2) is 4.77 Å². The number of carbonyl (C=O) groups is 1. The first-order chi connectivity index (χ1) is 15.0. The van der Waals surface area contributed by atoms with Crippen molar-refractivity contribution in [3.05, 3.63) is 98.0 Å². The van der Waals surface area contributed by atoms with Gasteiger partial charge in [0.1, 0.15) is 5.75 Å². The van der Waals surface area contributed by atoms with Crippen LogP contribution >= 0.6 is 23.8 Å². The molecule has 0 radical (unpaired) electrons. The van der Waals surface area contributed by atoms with E-state index >= 15 is 0 Å². The van der Waals surface area contributed by atoms with E-state index in [1.807, 2.05) is 24.3 Å². The van der Waals surface area contributed by atoms with E-state index in [-0.39, 0.29) is 16.2 Å². The molecule has 156 valence electrons. The van der Waals surface area contributed by atoms with Crippen molar-refractivity contribution in [1.82, 2.24) is 14.9 Å². The van der Waals surface area contributed by atoms with Gasteiger partial charge in [-0.1, -0.05) is 35.9 Å². The summed E-state index contributed by atoms with van der Waals surface area (Å²) in [6.45, 7) is 0.309. The fourth-order valence-corrected chi connectivity index (χ4v) is 3.81. The lowest BCUT2D eigenvalue weighted by molar-refractivity contribution is 0.0950. The number of H-pyrrole nitrogens is 1. The lowest BCUT2D eigenvalue weighted by Crippen LogP contribution is -2.24. The van der Waals surface area contributed by atoms with Crippen molar-refractivity contribution in [1.29, 1.82) is 0 Å². The summed E-state index contributed by atoms with van der Waals surface area (Å²) in [5.41, 5.74) is 2.03. The Morgan fingerprint density at radius 3 is 2.74 bits per heavy atom. The molecule has 8 heteroatoms. The maximum absolute atomic E-state index is 13.0. The van der Waals surface area contributed by atoms with Gasteiger partial charge in [0.05, 0.1) is 23.7 Å². The van der Waals surface area contributed by atoms with Crippen LogP contribution in [-0.4, -0.2) is 22.6 Å². The molecular weight excluding hydrogens is 434 g/mol. The van der Waals surface area contributed by atoms with Crippen LogP contribution in [-0.2, 0) is 6.54 Å². The Bertz CT molecular complexity index is 1410. The minimum atomic E-state index is -0.290. The molecule has 0 aliphatic rings. The fourth-order valence-electron chi connectivity index (χ4n) is 3.34. The van der Waals surface area contributed by atoms with Gasteiger partial charge in [-0.05, 0) is 54.7 Å². The summed E-state index contributed by atoms with van der Waals surface area (Å²) >= 11 is 11.4. The lowest BCUT2D eigenvalue weighted by Gasteiger charge is -2.11. The van der Waals surface area contributed by atoms with Crippen LogP contribution in [0.1, 0.15) is 15.9 Å². The van der Waals surface area contributed by atoms with E-state index in [1.54, 1.807) is 49.6 Å². The van der Waals surface area contributed by atoms with Gasteiger partial charge in [-0.25, -0.2) is 0 Å². The van der Waals surface area contributed by atoms with Gasteiger partial charge in [0, 0.05) is 22.7 Å². The second kappa shape index (κ2) is 8.75. The van der Waals surface area contributed by atoms with Crippen LogP contribution < -0.4 is 15.6 Å². The third-order valence-electron chi connectivity index (χ3n) is 4.86. The molecule has 1 heterocycles. The Kier molecular flexibility index (Phi) is 5.88. The van der Waals surface area contributed by atoms with Gasteiger partial charge in [-0.15, -0.1) is 0 Å². The highest BCUT2D eigenvalue weighted by atomic mass is 35.5. The van der Waals surface area contributed by atoms with Crippen LogP contribution in [0.5, 0.6) is 5.75 Å². The topological polar surface area (TPSA) is 76.1 Å². The second-order valence-corrected chi connectivity index (χ2v) is 7.63. The molecular formula is C23H18ClN3O3S. The van der Waals surface area contributed by atoms with Gasteiger partial charge in [-0.3, -0.25) is 14.2 Å². The molecule has 0 unspecified atom stereocenters. The summed E-state index contributed by atoms with van der Waals surface area (Å²) in [5.74, 6) is 0.425. The number of halogens is 1. The molecule has 0 saturated carbocycles. The van der Waals surface area contributed by atoms with Crippen LogP contribution in [0, 0.1) is 4.77 Å². The number of hydrogen-bond donors (Lipinski definition) is 2. The molecule has 3 aromatic carbocycles. The van der Waals surface area contributed by atoms with Gasteiger partial charge in [-0.2, -0.15) is 0 Å². The third-order valence-corrected chi connectivity index (χ3v) is 5.38. The predicted octanol–water partition coefficient (Wildman–Crippen LogP) is 4.64. The third kappa shape index (κ3) is 4.23. The Balaban J connectivity index is 1.66. The number of aromatic nitrogens is 2. The minimum absolute atomic E-state index is 0.214. The highest BCUT2D eigenvalue weighted by Gasteiger charge is 2.12. The standard InChI is InChI=1S/C23H18ClN3O3S/c1-30-20-8-3-2-5-15(20)13-25-21(28)14-6-4-7-17(11-14)27-22(29)18-10-9-16(24)12-19(18)26-23(27)31/h2-12H,13H2,1H3,(H,25,28)(H,26,31). The number of methoxy groups -OCH3 is 1. The Morgan fingerprint density at radius 2 is 1.94 bits per heavy atom. The Morgan fingerprint density at radius 1 is 1.13 bits per heavy atom. The van der Waals surface area contributed by atoms with Crippen molar-refractivity contribution in [2.45, 2.75) is 6.54 Å².